The molecule has 0 atom stereocenters. The van der Waals surface area contributed by atoms with Crippen LogP contribution in [0.15, 0.2) is 58.6 Å². The van der Waals surface area contributed by atoms with E-state index in [-0.39, 0.29) is 24.6 Å². The van der Waals surface area contributed by atoms with Gasteiger partial charge in [0.15, 0.2) is 0 Å². The lowest BCUT2D eigenvalue weighted by Gasteiger charge is -2.15. The van der Waals surface area contributed by atoms with Crippen molar-refractivity contribution in [1.29, 1.82) is 0 Å². The minimum absolute atomic E-state index is 0.0836. The van der Waals surface area contributed by atoms with E-state index in [0.29, 0.717) is 10.9 Å². The van der Waals surface area contributed by atoms with Crippen molar-refractivity contribution < 1.29 is 4.79 Å². The van der Waals surface area contributed by atoms with Crippen molar-refractivity contribution in [3.8, 4) is 0 Å². The molecule has 6 heteroatoms. The quantitative estimate of drug-likeness (QED) is 0.695. The number of amides is 1. The fraction of sp³-hybridized carbons (Fsp3) is 0.227. The van der Waals surface area contributed by atoms with Crippen LogP contribution in [0.25, 0.3) is 10.9 Å². The van der Waals surface area contributed by atoms with Gasteiger partial charge in [-0.1, -0.05) is 35.9 Å². The van der Waals surface area contributed by atoms with Gasteiger partial charge in [-0.3, -0.25) is 18.7 Å². The van der Waals surface area contributed by atoms with Crippen LogP contribution in [0.1, 0.15) is 16.7 Å². The minimum Gasteiger partial charge on any atom is -0.324 e. The van der Waals surface area contributed by atoms with Gasteiger partial charge < -0.3 is 5.32 Å². The zero-order chi connectivity index (χ0) is 20.4. The molecule has 0 unspecified atom stereocenters. The third-order valence-electron chi connectivity index (χ3n) is 4.69. The summed E-state index contributed by atoms with van der Waals surface area (Å²) in [5, 5.41) is 3.29. The smallest absolute Gasteiger partial charge is 0.324 e. The maximum Gasteiger partial charge on any atom is 0.332 e. The van der Waals surface area contributed by atoms with Gasteiger partial charge in [0.05, 0.1) is 10.9 Å². The summed E-state index contributed by atoms with van der Waals surface area (Å²) in [6.07, 6.45) is 1.49. The molecule has 0 spiro atoms. The fourth-order valence-corrected chi connectivity index (χ4v) is 3.51. The Balaban J connectivity index is 2.05. The number of carbonyl (C=O) groups excluding carboxylic acids is 1. The molecule has 2 aromatic carbocycles. The number of hydrogen-bond donors (Lipinski definition) is 1. The lowest BCUT2D eigenvalue weighted by atomic mass is 10.1. The molecule has 1 aromatic heterocycles. The maximum atomic E-state index is 12.9. The van der Waals surface area contributed by atoms with E-state index in [0.717, 1.165) is 26.9 Å². The Morgan fingerprint density at radius 2 is 1.71 bits per heavy atom. The van der Waals surface area contributed by atoms with Crippen LogP contribution in [-0.4, -0.2) is 15.0 Å². The van der Waals surface area contributed by atoms with Gasteiger partial charge in [0.2, 0.25) is 5.91 Å². The molecular formula is C22H23N3O3. The average molecular weight is 377 g/mol. The third kappa shape index (κ3) is 3.53. The first-order valence-corrected chi connectivity index (χ1v) is 9.04. The number of nitrogens with zero attached hydrogens (tertiary/aromatic N) is 2. The topological polar surface area (TPSA) is 73.1 Å². The largest absolute Gasteiger partial charge is 0.332 e. The van der Waals surface area contributed by atoms with E-state index in [4.69, 9.17) is 0 Å². The summed E-state index contributed by atoms with van der Waals surface area (Å²) >= 11 is 0. The van der Waals surface area contributed by atoms with Crippen molar-refractivity contribution in [2.24, 2.45) is 0 Å². The molecule has 144 valence electrons. The minimum atomic E-state index is -0.531. The SMILES string of the molecule is C=CCn1c(=O)c2ccccc2n(CC(=O)Nc2c(C)cc(C)cc2C)c1=O. The maximum absolute atomic E-state index is 12.9. The Hall–Kier alpha value is -3.41. The van der Waals surface area contributed by atoms with Crippen LogP contribution in [0.3, 0.4) is 0 Å². The van der Waals surface area contributed by atoms with E-state index in [1.807, 2.05) is 32.9 Å². The van der Waals surface area contributed by atoms with Crippen LogP contribution >= 0.6 is 0 Å². The van der Waals surface area contributed by atoms with Crippen LogP contribution in [0, 0.1) is 20.8 Å². The molecule has 1 heterocycles. The molecule has 3 aromatic rings. The monoisotopic (exact) mass is 377 g/mol. The number of anilines is 1. The zero-order valence-electron chi connectivity index (χ0n) is 16.3. The predicted molar refractivity (Wildman–Crippen MR) is 112 cm³/mol. The summed E-state index contributed by atoms with van der Waals surface area (Å²) in [4.78, 5) is 38.2. The second kappa shape index (κ2) is 7.68. The molecule has 0 aliphatic carbocycles. The second-order valence-corrected chi connectivity index (χ2v) is 6.91. The number of carbonyl (C=O) groups is 1. The molecule has 0 saturated carbocycles. The summed E-state index contributed by atoms with van der Waals surface area (Å²) in [7, 11) is 0. The molecule has 0 aliphatic heterocycles. The van der Waals surface area contributed by atoms with Crippen LogP contribution in [-0.2, 0) is 17.9 Å². The van der Waals surface area contributed by atoms with Gasteiger partial charge in [0, 0.05) is 12.2 Å². The Morgan fingerprint density at radius 1 is 1.07 bits per heavy atom. The lowest BCUT2D eigenvalue weighted by molar-refractivity contribution is -0.116. The third-order valence-corrected chi connectivity index (χ3v) is 4.69. The average Bonchev–Trinajstić information content (AvgIpc) is 2.65. The zero-order valence-corrected chi connectivity index (χ0v) is 16.3. The normalized spacial score (nSPS) is 10.8. The first kappa shape index (κ1) is 19.4. The number of hydrogen-bond acceptors (Lipinski definition) is 3. The molecule has 3 rings (SSSR count). The molecule has 1 N–H and O–H groups in total. The molecule has 0 fully saturated rings. The Morgan fingerprint density at radius 3 is 2.36 bits per heavy atom. The van der Waals surface area contributed by atoms with E-state index in [9.17, 15) is 14.4 Å². The van der Waals surface area contributed by atoms with Crippen molar-refractivity contribution in [2.45, 2.75) is 33.9 Å². The summed E-state index contributed by atoms with van der Waals surface area (Å²) < 4.78 is 2.42. The van der Waals surface area contributed by atoms with Gasteiger partial charge in [-0.25, -0.2) is 4.79 Å². The van der Waals surface area contributed by atoms with Gasteiger partial charge in [-0.15, -0.1) is 6.58 Å². The van der Waals surface area contributed by atoms with Crippen LogP contribution in [0.4, 0.5) is 5.69 Å². The van der Waals surface area contributed by atoms with Gasteiger partial charge >= 0.3 is 5.69 Å². The lowest BCUT2D eigenvalue weighted by Crippen LogP contribution is -2.41. The summed E-state index contributed by atoms with van der Waals surface area (Å²) in [6.45, 7) is 9.36. The number of nitrogens with one attached hydrogen (secondary N) is 1. The number of para-hydroxylation sites is 1. The van der Waals surface area contributed by atoms with Crippen LogP contribution < -0.4 is 16.6 Å². The molecular weight excluding hydrogens is 354 g/mol. The van der Waals surface area contributed by atoms with E-state index >= 15 is 0 Å². The number of rotatable bonds is 5. The molecule has 6 nitrogen and oxygen atoms in total. The van der Waals surface area contributed by atoms with Gasteiger partial charge in [-0.05, 0) is 44.0 Å². The number of fused-ring (bicyclic) bond motifs is 1. The summed E-state index contributed by atoms with van der Waals surface area (Å²) in [5.74, 6) is -0.328. The highest BCUT2D eigenvalue weighted by molar-refractivity contribution is 5.93. The molecule has 28 heavy (non-hydrogen) atoms. The number of benzene rings is 2. The van der Waals surface area contributed by atoms with Crippen molar-refractivity contribution in [3.63, 3.8) is 0 Å². The molecule has 1 amide bonds. The van der Waals surface area contributed by atoms with E-state index in [1.54, 1.807) is 24.3 Å². The number of aryl methyl sites for hydroxylation is 3. The molecule has 0 radical (unpaired) electrons. The van der Waals surface area contributed by atoms with Crippen LogP contribution in [0.2, 0.25) is 0 Å². The second-order valence-electron chi connectivity index (χ2n) is 6.91. The highest BCUT2D eigenvalue weighted by Gasteiger charge is 2.15. The molecule has 0 bridgehead atoms. The fourth-order valence-electron chi connectivity index (χ4n) is 3.51. The standard InChI is InChI=1S/C22H23N3O3/c1-5-10-24-21(27)17-8-6-7-9-18(17)25(22(24)28)13-19(26)23-20-15(3)11-14(2)12-16(20)4/h5-9,11-12H,1,10,13H2,2-4H3,(H,23,26). The summed E-state index contributed by atoms with van der Waals surface area (Å²) in [5.41, 5.74) is 3.29. The van der Waals surface area contributed by atoms with Gasteiger partial charge in [0.1, 0.15) is 6.54 Å². The van der Waals surface area contributed by atoms with E-state index < -0.39 is 5.69 Å². The van der Waals surface area contributed by atoms with Crippen LogP contribution in [0.5, 0.6) is 0 Å². The van der Waals surface area contributed by atoms with E-state index in [1.165, 1.54) is 10.6 Å². The summed E-state index contributed by atoms with van der Waals surface area (Å²) in [6, 6.07) is 10.8. The number of allylic oxidation sites excluding steroid dienone is 1. The Kier molecular flexibility index (Phi) is 5.31. The molecule has 0 saturated heterocycles. The van der Waals surface area contributed by atoms with Crippen molar-refractivity contribution >= 4 is 22.5 Å². The highest BCUT2D eigenvalue weighted by Crippen LogP contribution is 2.22. The van der Waals surface area contributed by atoms with Gasteiger partial charge in [-0.2, -0.15) is 0 Å². The highest BCUT2D eigenvalue weighted by atomic mass is 16.2. The van der Waals surface area contributed by atoms with E-state index in [2.05, 4.69) is 11.9 Å². The Bertz CT molecular complexity index is 1180. The van der Waals surface area contributed by atoms with Crippen molar-refractivity contribution in [1.82, 2.24) is 9.13 Å². The first-order chi connectivity index (χ1) is 13.3. The van der Waals surface area contributed by atoms with Crippen molar-refractivity contribution in [2.75, 3.05) is 5.32 Å². The first-order valence-electron chi connectivity index (χ1n) is 9.04. The predicted octanol–water partition coefficient (Wildman–Crippen LogP) is 2.91. The van der Waals surface area contributed by atoms with Crippen molar-refractivity contribution in [3.05, 3.63) is 86.6 Å². The molecule has 0 aliphatic rings. The number of aromatic nitrogens is 2. The Labute approximate surface area is 162 Å². The van der Waals surface area contributed by atoms with Gasteiger partial charge in [0.25, 0.3) is 5.56 Å².